The van der Waals surface area contributed by atoms with Crippen molar-refractivity contribution in [2.24, 2.45) is 0 Å². The second-order valence-electron chi connectivity index (χ2n) is 4.74. The van der Waals surface area contributed by atoms with Gasteiger partial charge in [-0.15, -0.1) is 12.4 Å². The number of halogens is 2. The summed E-state index contributed by atoms with van der Waals surface area (Å²) in [5.41, 5.74) is 0. The molecule has 0 spiro atoms. The predicted molar refractivity (Wildman–Crippen MR) is 85.5 cm³/mol. The Kier molecular flexibility index (Phi) is 7.34. The third-order valence-corrected chi connectivity index (χ3v) is 3.81. The van der Waals surface area contributed by atoms with Crippen LogP contribution in [0, 0.1) is 0 Å². The van der Waals surface area contributed by atoms with Gasteiger partial charge in [-0.3, -0.25) is 4.79 Å². The van der Waals surface area contributed by atoms with Crippen LogP contribution in [-0.2, 0) is 4.79 Å². The van der Waals surface area contributed by atoms with Gasteiger partial charge in [0.15, 0.2) is 6.10 Å². The maximum atomic E-state index is 12.0. The Morgan fingerprint density at radius 1 is 1.50 bits per heavy atom. The first-order valence-corrected chi connectivity index (χ1v) is 7.38. The zero-order chi connectivity index (χ0) is 13.7. The maximum absolute atomic E-state index is 12.0. The van der Waals surface area contributed by atoms with Crippen molar-refractivity contribution in [2.75, 3.05) is 13.1 Å². The molecule has 1 aliphatic rings. The van der Waals surface area contributed by atoms with E-state index in [1.165, 1.54) is 0 Å². The fourth-order valence-corrected chi connectivity index (χ4v) is 2.46. The summed E-state index contributed by atoms with van der Waals surface area (Å²) in [7, 11) is 0. The first-order chi connectivity index (χ1) is 9.16. The molecular formula is C14H20BrClN2O2. The highest BCUT2D eigenvalue weighted by Crippen LogP contribution is 2.24. The van der Waals surface area contributed by atoms with Crippen molar-refractivity contribution in [3.63, 3.8) is 0 Å². The molecule has 2 atom stereocenters. The number of hydrogen-bond donors (Lipinski definition) is 2. The molecular weight excluding hydrogens is 344 g/mol. The topological polar surface area (TPSA) is 50.4 Å². The number of amides is 1. The molecule has 1 saturated heterocycles. The van der Waals surface area contributed by atoms with E-state index in [4.69, 9.17) is 4.74 Å². The minimum atomic E-state index is -0.499. The van der Waals surface area contributed by atoms with Gasteiger partial charge >= 0.3 is 0 Å². The van der Waals surface area contributed by atoms with Crippen molar-refractivity contribution in [1.82, 2.24) is 10.6 Å². The molecule has 1 aromatic carbocycles. The van der Waals surface area contributed by atoms with E-state index in [1.807, 2.05) is 24.3 Å². The fourth-order valence-electron chi connectivity index (χ4n) is 2.08. The Labute approximate surface area is 134 Å². The molecule has 0 bridgehead atoms. The summed E-state index contributed by atoms with van der Waals surface area (Å²) < 4.78 is 6.52. The molecule has 1 unspecified atom stereocenters. The number of piperidine rings is 1. The molecule has 2 N–H and O–H groups in total. The molecule has 6 heteroatoms. The van der Waals surface area contributed by atoms with Gasteiger partial charge in [-0.2, -0.15) is 0 Å². The Balaban J connectivity index is 0.00000200. The van der Waals surface area contributed by atoms with Crippen LogP contribution in [0.15, 0.2) is 28.7 Å². The van der Waals surface area contributed by atoms with Crippen LogP contribution in [0.2, 0.25) is 0 Å². The van der Waals surface area contributed by atoms with E-state index in [-0.39, 0.29) is 24.4 Å². The minimum absolute atomic E-state index is 0. The van der Waals surface area contributed by atoms with Crippen molar-refractivity contribution in [2.45, 2.75) is 31.9 Å². The standard InChI is InChI=1S/C14H19BrN2O2.ClH/c1-10(19-13-7-3-2-6-12(13)15)14(18)17-11-5-4-8-16-9-11;/h2-3,6-7,10-11,16H,4-5,8-9H2,1H3,(H,17,18);1H/t10?,11-;/m0./s1. The molecule has 2 rings (SSSR count). The van der Waals surface area contributed by atoms with Crippen molar-refractivity contribution in [3.05, 3.63) is 28.7 Å². The lowest BCUT2D eigenvalue weighted by molar-refractivity contribution is -0.128. The van der Waals surface area contributed by atoms with E-state index >= 15 is 0 Å². The Morgan fingerprint density at radius 2 is 2.25 bits per heavy atom. The van der Waals surface area contributed by atoms with Gasteiger partial charge in [-0.05, 0) is 54.4 Å². The van der Waals surface area contributed by atoms with Crippen LogP contribution >= 0.6 is 28.3 Å². The molecule has 0 aromatic heterocycles. The van der Waals surface area contributed by atoms with Crippen molar-refractivity contribution >= 4 is 34.2 Å². The molecule has 1 amide bonds. The average Bonchev–Trinajstić information content (AvgIpc) is 2.42. The molecule has 0 saturated carbocycles. The van der Waals surface area contributed by atoms with Crippen LogP contribution < -0.4 is 15.4 Å². The summed E-state index contributed by atoms with van der Waals surface area (Å²) in [5.74, 6) is 0.622. The second kappa shape index (κ2) is 8.49. The monoisotopic (exact) mass is 362 g/mol. The maximum Gasteiger partial charge on any atom is 0.261 e. The minimum Gasteiger partial charge on any atom is -0.480 e. The van der Waals surface area contributed by atoms with Gasteiger partial charge in [-0.1, -0.05) is 12.1 Å². The van der Waals surface area contributed by atoms with Gasteiger partial charge in [-0.25, -0.2) is 0 Å². The first-order valence-electron chi connectivity index (χ1n) is 6.59. The lowest BCUT2D eigenvalue weighted by atomic mass is 10.1. The molecule has 1 aromatic rings. The average molecular weight is 364 g/mol. The van der Waals surface area contributed by atoms with E-state index in [9.17, 15) is 4.79 Å². The summed E-state index contributed by atoms with van der Waals surface area (Å²) in [6.45, 7) is 3.65. The summed E-state index contributed by atoms with van der Waals surface area (Å²) in [4.78, 5) is 12.0. The van der Waals surface area contributed by atoms with Crippen molar-refractivity contribution in [3.8, 4) is 5.75 Å². The molecule has 1 aliphatic heterocycles. The molecule has 4 nitrogen and oxygen atoms in total. The van der Waals surface area contributed by atoms with E-state index in [0.717, 1.165) is 30.4 Å². The van der Waals surface area contributed by atoms with Crippen LogP contribution in [-0.4, -0.2) is 31.1 Å². The van der Waals surface area contributed by atoms with Crippen LogP contribution in [0.4, 0.5) is 0 Å². The number of hydrogen-bond acceptors (Lipinski definition) is 3. The molecule has 1 fully saturated rings. The second-order valence-corrected chi connectivity index (χ2v) is 5.60. The van der Waals surface area contributed by atoms with Crippen molar-refractivity contribution in [1.29, 1.82) is 0 Å². The van der Waals surface area contributed by atoms with Crippen LogP contribution in [0.3, 0.4) is 0 Å². The zero-order valence-electron chi connectivity index (χ0n) is 11.4. The Hall–Kier alpha value is -0.780. The third kappa shape index (κ3) is 4.96. The number of ether oxygens (including phenoxy) is 1. The number of carbonyl (C=O) groups is 1. The smallest absolute Gasteiger partial charge is 0.261 e. The van der Waals surface area contributed by atoms with Crippen molar-refractivity contribution < 1.29 is 9.53 Å². The van der Waals surface area contributed by atoms with Crippen LogP contribution in [0.5, 0.6) is 5.75 Å². The van der Waals surface area contributed by atoms with Gasteiger partial charge < -0.3 is 15.4 Å². The zero-order valence-corrected chi connectivity index (χ0v) is 13.8. The van der Waals surface area contributed by atoms with Gasteiger partial charge in [0.2, 0.25) is 0 Å². The molecule has 0 radical (unpaired) electrons. The lowest BCUT2D eigenvalue weighted by Crippen LogP contribution is -2.49. The normalized spacial score (nSPS) is 19.6. The summed E-state index contributed by atoms with van der Waals surface area (Å²) >= 11 is 3.41. The molecule has 112 valence electrons. The number of carbonyl (C=O) groups excluding carboxylic acids is 1. The van der Waals surface area contributed by atoms with Gasteiger partial charge in [0.25, 0.3) is 5.91 Å². The van der Waals surface area contributed by atoms with E-state index in [1.54, 1.807) is 6.92 Å². The number of benzene rings is 1. The number of nitrogens with one attached hydrogen (secondary N) is 2. The van der Waals surface area contributed by atoms with Crippen LogP contribution in [0.1, 0.15) is 19.8 Å². The SMILES string of the molecule is CC(Oc1ccccc1Br)C(=O)N[C@H]1CCCNC1.Cl. The highest BCUT2D eigenvalue weighted by Gasteiger charge is 2.20. The largest absolute Gasteiger partial charge is 0.480 e. The van der Waals surface area contributed by atoms with E-state index in [0.29, 0.717) is 5.75 Å². The Morgan fingerprint density at radius 3 is 2.90 bits per heavy atom. The number of para-hydroxylation sites is 1. The molecule has 20 heavy (non-hydrogen) atoms. The quantitative estimate of drug-likeness (QED) is 0.864. The number of rotatable bonds is 4. The van der Waals surface area contributed by atoms with Gasteiger partial charge in [0, 0.05) is 12.6 Å². The molecule has 0 aliphatic carbocycles. The summed E-state index contributed by atoms with van der Waals surface area (Å²) in [6.07, 6.45) is 1.63. The highest BCUT2D eigenvalue weighted by molar-refractivity contribution is 9.10. The first kappa shape index (κ1) is 17.3. The summed E-state index contributed by atoms with van der Waals surface area (Å²) in [6, 6.07) is 7.75. The van der Waals surface area contributed by atoms with Crippen LogP contribution in [0.25, 0.3) is 0 Å². The van der Waals surface area contributed by atoms with Gasteiger partial charge in [0.1, 0.15) is 5.75 Å². The highest BCUT2D eigenvalue weighted by atomic mass is 79.9. The van der Waals surface area contributed by atoms with Gasteiger partial charge in [0.05, 0.1) is 4.47 Å². The molecule has 1 heterocycles. The predicted octanol–water partition coefficient (Wildman–Crippen LogP) is 2.51. The summed E-state index contributed by atoms with van der Waals surface area (Å²) in [5, 5.41) is 6.29. The van der Waals surface area contributed by atoms with E-state index < -0.39 is 6.10 Å². The Bertz CT molecular complexity index is 439. The lowest BCUT2D eigenvalue weighted by Gasteiger charge is -2.25. The van der Waals surface area contributed by atoms with E-state index in [2.05, 4.69) is 26.6 Å². The fraction of sp³-hybridized carbons (Fsp3) is 0.500. The third-order valence-electron chi connectivity index (χ3n) is 3.15.